The lowest BCUT2D eigenvalue weighted by Gasteiger charge is -2.22. The van der Waals surface area contributed by atoms with Crippen LogP contribution in [-0.4, -0.2) is 18.9 Å². The molecule has 1 fully saturated rings. The highest BCUT2D eigenvalue weighted by Gasteiger charge is 2.21. The smallest absolute Gasteiger partial charge is 0.434 e. The molecule has 3 nitrogen and oxygen atoms in total. The Balaban J connectivity index is 1.94. The third-order valence-corrected chi connectivity index (χ3v) is 2.23. The summed E-state index contributed by atoms with van der Waals surface area (Å²) in [5, 5.41) is 0. The summed E-state index contributed by atoms with van der Waals surface area (Å²) in [7, 11) is 0. The lowest BCUT2D eigenvalue weighted by atomic mass is 10.1. The Morgan fingerprint density at radius 3 is 2.79 bits per heavy atom. The van der Waals surface area contributed by atoms with E-state index >= 15 is 0 Å². The molecule has 14 heavy (non-hydrogen) atoms. The second kappa shape index (κ2) is 4.13. The number of hydrogen-bond acceptors (Lipinski definition) is 3. The quantitative estimate of drug-likeness (QED) is 0.673. The highest BCUT2D eigenvalue weighted by Crippen LogP contribution is 2.13. The topological polar surface area (TPSA) is 35.5 Å². The van der Waals surface area contributed by atoms with Gasteiger partial charge in [-0.25, -0.2) is 4.79 Å². The van der Waals surface area contributed by atoms with Crippen molar-refractivity contribution in [2.75, 3.05) is 6.61 Å². The Hall–Kier alpha value is -1.51. The van der Waals surface area contributed by atoms with Crippen LogP contribution in [0.4, 0.5) is 4.79 Å². The summed E-state index contributed by atoms with van der Waals surface area (Å²) in [6, 6.07) is 10.00. The van der Waals surface area contributed by atoms with Gasteiger partial charge in [0, 0.05) is 12.8 Å². The highest BCUT2D eigenvalue weighted by molar-refractivity contribution is 5.60. The van der Waals surface area contributed by atoms with Crippen LogP contribution >= 0.6 is 0 Å². The molecule has 0 bridgehead atoms. The predicted octanol–water partition coefficient (Wildman–Crippen LogP) is 2.15. The van der Waals surface area contributed by atoms with Crippen molar-refractivity contribution < 1.29 is 14.3 Å². The van der Waals surface area contributed by atoms with E-state index in [-0.39, 0.29) is 6.10 Å². The lowest BCUT2D eigenvalue weighted by molar-refractivity contribution is -0.0219. The van der Waals surface area contributed by atoms with Crippen molar-refractivity contribution in [1.29, 1.82) is 0 Å². The summed E-state index contributed by atoms with van der Waals surface area (Å²) in [4.78, 5) is 10.8. The van der Waals surface area contributed by atoms with Crippen molar-refractivity contribution >= 4 is 6.16 Å². The molecule has 1 saturated heterocycles. The van der Waals surface area contributed by atoms with Gasteiger partial charge >= 0.3 is 6.16 Å². The van der Waals surface area contributed by atoms with Crippen LogP contribution in [-0.2, 0) is 15.9 Å². The number of carbonyl (C=O) groups excluding carboxylic acids is 1. The van der Waals surface area contributed by atoms with Gasteiger partial charge in [-0.05, 0) is 5.56 Å². The van der Waals surface area contributed by atoms with Crippen molar-refractivity contribution in [2.45, 2.75) is 18.9 Å². The zero-order valence-electron chi connectivity index (χ0n) is 7.81. The number of ether oxygens (including phenoxy) is 2. The van der Waals surface area contributed by atoms with Crippen LogP contribution in [0.3, 0.4) is 0 Å². The molecule has 1 atom stereocenters. The first-order valence-corrected chi connectivity index (χ1v) is 4.72. The van der Waals surface area contributed by atoms with E-state index in [2.05, 4.69) is 4.74 Å². The van der Waals surface area contributed by atoms with E-state index in [1.165, 1.54) is 5.56 Å². The van der Waals surface area contributed by atoms with Crippen LogP contribution in [0.5, 0.6) is 0 Å². The number of hydrogen-bond donors (Lipinski definition) is 0. The summed E-state index contributed by atoms with van der Waals surface area (Å²) in [5.41, 5.74) is 1.19. The minimum atomic E-state index is -0.544. The van der Waals surface area contributed by atoms with Crippen LogP contribution in [0.15, 0.2) is 30.3 Å². The molecule has 0 amide bonds. The summed E-state index contributed by atoms with van der Waals surface area (Å²) < 4.78 is 9.71. The second-order valence-corrected chi connectivity index (χ2v) is 3.32. The van der Waals surface area contributed by atoms with Crippen LogP contribution in [0.2, 0.25) is 0 Å². The standard InChI is InChI=1S/C11H12O3/c12-11-13-7-6-10(14-11)8-9-4-2-1-3-5-9/h1-5,10H,6-8H2. The Kier molecular flexibility index (Phi) is 2.68. The van der Waals surface area contributed by atoms with Gasteiger partial charge in [-0.1, -0.05) is 30.3 Å². The van der Waals surface area contributed by atoms with Crippen LogP contribution in [0, 0.1) is 0 Å². The Morgan fingerprint density at radius 2 is 2.07 bits per heavy atom. The third-order valence-electron chi connectivity index (χ3n) is 2.23. The molecule has 1 aliphatic heterocycles. The summed E-state index contributed by atoms with van der Waals surface area (Å²) in [5.74, 6) is 0. The maximum absolute atomic E-state index is 10.8. The first-order valence-electron chi connectivity index (χ1n) is 4.72. The Bertz CT molecular complexity index is 308. The number of rotatable bonds is 2. The van der Waals surface area contributed by atoms with E-state index in [4.69, 9.17) is 4.74 Å². The van der Waals surface area contributed by atoms with Crippen LogP contribution in [0.1, 0.15) is 12.0 Å². The van der Waals surface area contributed by atoms with Crippen molar-refractivity contribution in [3.8, 4) is 0 Å². The molecule has 1 heterocycles. The summed E-state index contributed by atoms with van der Waals surface area (Å²) in [6.07, 6.45) is 0.979. The van der Waals surface area contributed by atoms with Crippen LogP contribution < -0.4 is 0 Å². The average Bonchev–Trinajstić information content (AvgIpc) is 2.19. The summed E-state index contributed by atoms with van der Waals surface area (Å²) >= 11 is 0. The molecule has 0 N–H and O–H groups in total. The highest BCUT2D eigenvalue weighted by atomic mass is 16.7. The molecule has 0 spiro atoms. The van der Waals surface area contributed by atoms with Gasteiger partial charge in [-0.3, -0.25) is 0 Å². The molecule has 0 aliphatic carbocycles. The number of carbonyl (C=O) groups is 1. The fourth-order valence-electron chi connectivity index (χ4n) is 1.52. The largest absolute Gasteiger partial charge is 0.508 e. The zero-order valence-corrected chi connectivity index (χ0v) is 7.81. The van der Waals surface area contributed by atoms with Crippen LogP contribution in [0.25, 0.3) is 0 Å². The Morgan fingerprint density at radius 1 is 1.29 bits per heavy atom. The van der Waals surface area contributed by atoms with Gasteiger partial charge in [0.1, 0.15) is 6.10 Å². The minimum absolute atomic E-state index is 0.0290. The normalized spacial score (nSPS) is 21.1. The second-order valence-electron chi connectivity index (χ2n) is 3.32. The minimum Gasteiger partial charge on any atom is -0.434 e. The van der Waals surface area contributed by atoms with Gasteiger partial charge in [0.15, 0.2) is 0 Å². The van der Waals surface area contributed by atoms with Gasteiger partial charge in [0.25, 0.3) is 0 Å². The maximum Gasteiger partial charge on any atom is 0.508 e. The molecular formula is C11H12O3. The van der Waals surface area contributed by atoms with Gasteiger partial charge in [-0.15, -0.1) is 0 Å². The number of benzene rings is 1. The Labute approximate surface area is 82.6 Å². The van der Waals surface area contributed by atoms with E-state index in [9.17, 15) is 4.79 Å². The maximum atomic E-state index is 10.8. The SMILES string of the molecule is O=C1OCCC(Cc2ccccc2)O1. The molecule has 1 aromatic carbocycles. The molecule has 0 radical (unpaired) electrons. The molecule has 74 valence electrons. The molecule has 1 unspecified atom stereocenters. The van der Waals surface area contributed by atoms with E-state index < -0.39 is 6.16 Å². The average molecular weight is 192 g/mol. The molecule has 0 aromatic heterocycles. The fourth-order valence-corrected chi connectivity index (χ4v) is 1.52. The van der Waals surface area contributed by atoms with Crippen molar-refractivity contribution in [3.05, 3.63) is 35.9 Å². The van der Waals surface area contributed by atoms with Crippen molar-refractivity contribution in [1.82, 2.24) is 0 Å². The molecule has 3 heteroatoms. The van der Waals surface area contributed by atoms with Gasteiger partial charge in [0.05, 0.1) is 6.61 Å². The molecule has 1 aliphatic rings. The van der Waals surface area contributed by atoms with E-state index in [0.717, 1.165) is 12.8 Å². The fraction of sp³-hybridized carbons (Fsp3) is 0.364. The first kappa shape index (κ1) is 9.06. The summed E-state index contributed by atoms with van der Waals surface area (Å²) in [6.45, 7) is 0.469. The van der Waals surface area contributed by atoms with Gasteiger partial charge in [0.2, 0.25) is 0 Å². The van der Waals surface area contributed by atoms with Gasteiger partial charge in [-0.2, -0.15) is 0 Å². The third kappa shape index (κ3) is 2.25. The monoisotopic (exact) mass is 192 g/mol. The molecule has 1 aromatic rings. The molecule has 0 saturated carbocycles. The van der Waals surface area contributed by atoms with Gasteiger partial charge < -0.3 is 9.47 Å². The molecular weight excluding hydrogens is 180 g/mol. The first-order chi connectivity index (χ1) is 6.84. The lowest BCUT2D eigenvalue weighted by Crippen LogP contribution is -2.28. The zero-order chi connectivity index (χ0) is 9.80. The van der Waals surface area contributed by atoms with E-state index in [1.54, 1.807) is 0 Å². The molecule has 2 rings (SSSR count). The number of cyclic esters (lactones) is 2. The van der Waals surface area contributed by atoms with E-state index in [1.807, 2.05) is 30.3 Å². The van der Waals surface area contributed by atoms with Crippen molar-refractivity contribution in [2.24, 2.45) is 0 Å². The predicted molar refractivity (Wildman–Crippen MR) is 51.0 cm³/mol. The van der Waals surface area contributed by atoms with Crippen molar-refractivity contribution in [3.63, 3.8) is 0 Å². The van der Waals surface area contributed by atoms with E-state index in [0.29, 0.717) is 6.61 Å².